The number of carbonyl (C=O) groups is 2. The van der Waals surface area contributed by atoms with Gasteiger partial charge in [-0.15, -0.1) is 0 Å². The summed E-state index contributed by atoms with van der Waals surface area (Å²) in [6.07, 6.45) is 3.54. The second-order valence-corrected chi connectivity index (χ2v) is 6.40. The Kier molecular flexibility index (Phi) is 6.58. The molecular formula is C20H24FN5O3. The van der Waals surface area contributed by atoms with Crippen molar-refractivity contribution in [2.24, 2.45) is 0 Å². The largest absolute Gasteiger partial charge is 0.442 e. The van der Waals surface area contributed by atoms with E-state index in [9.17, 15) is 14.0 Å². The van der Waals surface area contributed by atoms with E-state index in [0.29, 0.717) is 37.3 Å². The average Bonchev–Trinajstić information content (AvgIpc) is 3.13. The number of carbonyl (C=O) groups excluding carboxylic acids is 2. The summed E-state index contributed by atoms with van der Waals surface area (Å²) in [6, 6.07) is 4.69. The molecule has 1 saturated heterocycles. The molecule has 4 rings (SSSR count). The Morgan fingerprint density at radius 2 is 2.03 bits per heavy atom. The van der Waals surface area contributed by atoms with E-state index < -0.39 is 18.0 Å². The molecule has 0 radical (unpaired) electrons. The Hall–Kier alpha value is -3.23. The van der Waals surface area contributed by atoms with Gasteiger partial charge in [-0.25, -0.2) is 9.18 Å². The molecule has 3 heterocycles. The van der Waals surface area contributed by atoms with E-state index in [1.165, 1.54) is 11.0 Å². The van der Waals surface area contributed by atoms with E-state index in [4.69, 9.17) is 4.74 Å². The first-order valence-corrected chi connectivity index (χ1v) is 9.64. The number of fused-ring (bicyclic) bond motifs is 1. The van der Waals surface area contributed by atoms with Crippen molar-refractivity contribution in [3.05, 3.63) is 47.8 Å². The van der Waals surface area contributed by atoms with Crippen LogP contribution >= 0.6 is 0 Å². The number of nitrogens with zero attached hydrogens (tertiary/aromatic N) is 4. The lowest BCUT2D eigenvalue weighted by atomic mass is 10.1. The molecule has 2 amide bonds. The minimum Gasteiger partial charge on any atom is -0.442 e. The molecule has 1 aromatic carbocycles. The zero-order valence-electron chi connectivity index (χ0n) is 16.5. The highest BCUT2D eigenvalue weighted by Crippen LogP contribution is 2.30. The summed E-state index contributed by atoms with van der Waals surface area (Å²) in [4.78, 5) is 34.3. The van der Waals surface area contributed by atoms with Crippen LogP contribution in [0.4, 0.5) is 20.6 Å². The molecule has 8 nitrogen and oxygen atoms in total. The smallest absolute Gasteiger partial charge is 0.414 e. The van der Waals surface area contributed by atoms with Crippen LogP contribution in [0, 0.1) is 5.82 Å². The highest BCUT2D eigenvalue weighted by Gasteiger charge is 2.32. The quantitative estimate of drug-likeness (QED) is 0.774. The van der Waals surface area contributed by atoms with Gasteiger partial charge in [-0.3, -0.25) is 19.7 Å². The standard InChI is InChI=1S/C18H18FN5O3.C2H6/c19-14-7-12(24-9-13(8-20-11-25)27-18(24)26)1-2-17(14)23-6-3-15-16(10-23)22-5-4-21-15;1-2/h1-2,4-5,7,11,13H,3,6,8-10H2,(H,20,25);1-2H3. The SMILES string of the molecule is CC.O=CNCC1CN(c2ccc(N3CCc4nccnc4C3)c(F)c2)C(=O)O1. The van der Waals surface area contributed by atoms with Gasteiger partial charge >= 0.3 is 6.09 Å². The molecule has 154 valence electrons. The highest BCUT2D eigenvalue weighted by molar-refractivity contribution is 5.90. The van der Waals surface area contributed by atoms with Crippen molar-refractivity contribution in [1.82, 2.24) is 15.3 Å². The molecule has 0 bridgehead atoms. The molecule has 1 atom stereocenters. The molecule has 9 heteroatoms. The molecule has 0 saturated carbocycles. The summed E-state index contributed by atoms with van der Waals surface area (Å²) in [6.45, 7) is 5.61. The fourth-order valence-electron chi connectivity index (χ4n) is 3.38. The van der Waals surface area contributed by atoms with Crippen LogP contribution in [-0.2, 0) is 22.5 Å². The van der Waals surface area contributed by atoms with Crippen LogP contribution in [0.1, 0.15) is 25.2 Å². The van der Waals surface area contributed by atoms with Crippen molar-refractivity contribution < 1.29 is 18.7 Å². The van der Waals surface area contributed by atoms with Gasteiger partial charge in [-0.2, -0.15) is 0 Å². The first-order chi connectivity index (χ1) is 14.2. The monoisotopic (exact) mass is 401 g/mol. The number of cyclic esters (lactones) is 1. The minimum atomic E-state index is -0.554. The number of halogens is 1. The third-order valence-electron chi connectivity index (χ3n) is 4.71. The normalized spacial score (nSPS) is 17.8. The number of hydrogen-bond acceptors (Lipinski definition) is 6. The van der Waals surface area contributed by atoms with E-state index in [1.54, 1.807) is 24.5 Å². The van der Waals surface area contributed by atoms with Crippen LogP contribution in [0.5, 0.6) is 0 Å². The number of ether oxygens (including phenoxy) is 1. The van der Waals surface area contributed by atoms with Gasteiger partial charge in [0.25, 0.3) is 0 Å². The van der Waals surface area contributed by atoms with Gasteiger partial charge in [0.2, 0.25) is 6.41 Å². The summed E-state index contributed by atoms with van der Waals surface area (Å²) in [5.41, 5.74) is 2.68. The van der Waals surface area contributed by atoms with Crippen molar-refractivity contribution in [2.75, 3.05) is 29.4 Å². The number of rotatable bonds is 5. The Balaban J connectivity index is 0.00000117. The predicted molar refractivity (Wildman–Crippen MR) is 106 cm³/mol. The average molecular weight is 401 g/mol. The van der Waals surface area contributed by atoms with Crippen LogP contribution < -0.4 is 15.1 Å². The Labute approximate surface area is 168 Å². The maximum Gasteiger partial charge on any atom is 0.414 e. The van der Waals surface area contributed by atoms with Crippen LogP contribution in [0.15, 0.2) is 30.6 Å². The molecule has 1 fully saturated rings. The fourth-order valence-corrected chi connectivity index (χ4v) is 3.38. The van der Waals surface area contributed by atoms with Gasteiger partial charge in [0.1, 0.15) is 11.9 Å². The molecule has 2 aromatic rings. The number of aromatic nitrogens is 2. The van der Waals surface area contributed by atoms with E-state index >= 15 is 0 Å². The second-order valence-electron chi connectivity index (χ2n) is 6.40. The number of nitrogens with one attached hydrogen (secondary N) is 1. The zero-order chi connectivity index (χ0) is 20.8. The van der Waals surface area contributed by atoms with Gasteiger partial charge in [0, 0.05) is 25.4 Å². The lowest BCUT2D eigenvalue weighted by Crippen LogP contribution is -2.32. The number of amides is 2. The molecule has 29 heavy (non-hydrogen) atoms. The topological polar surface area (TPSA) is 87.7 Å². The van der Waals surface area contributed by atoms with Crippen LogP contribution in [0.3, 0.4) is 0 Å². The fraction of sp³-hybridized carbons (Fsp3) is 0.400. The second kappa shape index (κ2) is 9.31. The third-order valence-corrected chi connectivity index (χ3v) is 4.71. The van der Waals surface area contributed by atoms with Crippen molar-refractivity contribution in [3.63, 3.8) is 0 Å². The van der Waals surface area contributed by atoms with Crippen LogP contribution in [-0.4, -0.2) is 48.2 Å². The van der Waals surface area contributed by atoms with Gasteiger partial charge in [-0.1, -0.05) is 13.8 Å². The Bertz CT molecular complexity index is 879. The Morgan fingerprint density at radius 1 is 1.28 bits per heavy atom. The number of anilines is 2. The molecular weight excluding hydrogens is 377 g/mol. The van der Waals surface area contributed by atoms with Crippen LogP contribution in [0.25, 0.3) is 0 Å². The molecule has 1 aromatic heterocycles. The summed E-state index contributed by atoms with van der Waals surface area (Å²) in [5.74, 6) is -0.415. The summed E-state index contributed by atoms with van der Waals surface area (Å²) in [5, 5.41) is 2.48. The molecule has 1 unspecified atom stereocenters. The zero-order valence-corrected chi connectivity index (χ0v) is 16.5. The third kappa shape index (κ3) is 4.44. The number of benzene rings is 1. The predicted octanol–water partition coefficient (Wildman–Crippen LogP) is 2.28. The maximum atomic E-state index is 14.8. The van der Waals surface area contributed by atoms with Crippen molar-refractivity contribution >= 4 is 23.9 Å². The van der Waals surface area contributed by atoms with E-state index in [2.05, 4.69) is 15.3 Å². The van der Waals surface area contributed by atoms with Gasteiger partial charge in [0.05, 0.1) is 42.4 Å². The first kappa shape index (κ1) is 20.5. The lowest BCUT2D eigenvalue weighted by molar-refractivity contribution is -0.109. The molecule has 0 aliphatic carbocycles. The highest BCUT2D eigenvalue weighted by atomic mass is 19.1. The van der Waals surface area contributed by atoms with E-state index in [1.807, 2.05) is 18.7 Å². The summed E-state index contributed by atoms with van der Waals surface area (Å²) >= 11 is 0. The van der Waals surface area contributed by atoms with Crippen molar-refractivity contribution in [2.45, 2.75) is 32.9 Å². The van der Waals surface area contributed by atoms with Crippen LogP contribution in [0.2, 0.25) is 0 Å². The van der Waals surface area contributed by atoms with Gasteiger partial charge in [0.15, 0.2) is 0 Å². The minimum absolute atomic E-state index is 0.223. The van der Waals surface area contributed by atoms with Gasteiger partial charge in [-0.05, 0) is 18.2 Å². The van der Waals surface area contributed by atoms with E-state index in [0.717, 1.165) is 11.4 Å². The molecule has 1 N–H and O–H groups in total. The Morgan fingerprint density at radius 3 is 2.76 bits per heavy atom. The van der Waals surface area contributed by atoms with E-state index in [-0.39, 0.29) is 13.1 Å². The number of hydrogen-bond donors (Lipinski definition) is 1. The first-order valence-electron chi connectivity index (χ1n) is 9.64. The van der Waals surface area contributed by atoms with Gasteiger partial charge < -0.3 is 15.0 Å². The summed E-state index contributed by atoms with van der Waals surface area (Å²) in [7, 11) is 0. The summed E-state index contributed by atoms with van der Waals surface area (Å²) < 4.78 is 19.9. The molecule has 2 aliphatic heterocycles. The molecule has 0 spiro atoms. The van der Waals surface area contributed by atoms with Crippen molar-refractivity contribution in [3.8, 4) is 0 Å². The molecule has 2 aliphatic rings. The lowest BCUT2D eigenvalue weighted by Gasteiger charge is -2.29. The maximum absolute atomic E-state index is 14.8. The van der Waals surface area contributed by atoms with Crippen molar-refractivity contribution in [1.29, 1.82) is 0 Å².